The van der Waals surface area contributed by atoms with Gasteiger partial charge in [-0.2, -0.15) is 0 Å². The van der Waals surface area contributed by atoms with E-state index in [4.69, 9.17) is 4.74 Å². The van der Waals surface area contributed by atoms with Crippen LogP contribution < -0.4 is 15.4 Å². The highest BCUT2D eigenvalue weighted by Gasteiger charge is 2.13. The van der Waals surface area contributed by atoms with Crippen molar-refractivity contribution in [3.8, 4) is 5.75 Å². The number of nitrogens with one attached hydrogen (secondary N) is 2. The molecule has 2 N–H and O–H groups in total. The monoisotopic (exact) mass is 262 g/mol. The van der Waals surface area contributed by atoms with Crippen LogP contribution in [0.25, 0.3) is 0 Å². The minimum atomic E-state index is -0.0899. The van der Waals surface area contributed by atoms with Crippen LogP contribution in [0, 0.1) is 0 Å². The van der Waals surface area contributed by atoms with Crippen LogP contribution in [-0.2, 0) is 22.4 Å². The lowest BCUT2D eigenvalue weighted by atomic mass is 10.1. The van der Waals surface area contributed by atoms with E-state index in [0.717, 1.165) is 24.3 Å². The standard InChI is InChI=1S/C14H18N2O3/c1-10(17)15-5-6-16-14(18)9-11-2-3-13-12(8-11)4-7-19-13/h2-3,8H,4-7,9H2,1H3,(H,15,17)(H,16,18). The molecule has 0 atom stereocenters. The van der Waals surface area contributed by atoms with Gasteiger partial charge in [0.2, 0.25) is 11.8 Å². The number of hydrogen-bond donors (Lipinski definition) is 2. The zero-order valence-electron chi connectivity index (χ0n) is 11.0. The summed E-state index contributed by atoms with van der Waals surface area (Å²) in [5, 5.41) is 5.40. The predicted octanol–water partition coefficient (Wildman–Crippen LogP) is 0.416. The first-order valence-corrected chi connectivity index (χ1v) is 6.41. The number of rotatable bonds is 5. The van der Waals surface area contributed by atoms with Gasteiger partial charge >= 0.3 is 0 Å². The Morgan fingerprint density at radius 2 is 2.05 bits per heavy atom. The Kier molecular flexibility index (Phi) is 4.39. The van der Waals surface area contributed by atoms with Crippen LogP contribution >= 0.6 is 0 Å². The number of benzene rings is 1. The summed E-state index contributed by atoms with van der Waals surface area (Å²) in [4.78, 5) is 22.4. The highest BCUT2D eigenvalue weighted by Crippen LogP contribution is 2.25. The minimum absolute atomic E-state index is 0.0378. The Morgan fingerprint density at radius 3 is 2.84 bits per heavy atom. The van der Waals surface area contributed by atoms with Gasteiger partial charge in [-0.25, -0.2) is 0 Å². The van der Waals surface area contributed by atoms with Crippen LogP contribution in [-0.4, -0.2) is 31.5 Å². The molecule has 1 aliphatic rings. The van der Waals surface area contributed by atoms with E-state index in [9.17, 15) is 9.59 Å². The Bertz CT molecular complexity index is 486. The molecular weight excluding hydrogens is 244 g/mol. The fourth-order valence-corrected chi connectivity index (χ4v) is 2.04. The lowest BCUT2D eigenvalue weighted by Gasteiger charge is -2.07. The van der Waals surface area contributed by atoms with Gasteiger partial charge in [-0.15, -0.1) is 0 Å². The molecule has 5 heteroatoms. The molecule has 1 heterocycles. The van der Waals surface area contributed by atoms with Crippen molar-refractivity contribution in [1.29, 1.82) is 0 Å². The van der Waals surface area contributed by atoms with E-state index >= 15 is 0 Å². The Hall–Kier alpha value is -2.04. The highest BCUT2D eigenvalue weighted by atomic mass is 16.5. The fraction of sp³-hybridized carbons (Fsp3) is 0.429. The van der Waals surface area contributed by atoms with Crippen molar-refractivity contribution < 1.29 is 14.3 Å². The first kappa shape index (κ1) is 13.4. The van der Waals surface area contributed by atoms with Gasteiger partial charge in [-0.3, -0.25) is 9.59 Å². The number of carbonyl (C=O) groups is 2. The average molecular weight is 262 g/mol. The molecule has 2 rings (SSSR count). The summed E-state index contributed by atoms with van der Waals surface area (Å²) >= 11 is 0. The van der Waals surface area contributed by atoms with E-state index in [1.807, 2.05) is 18.2 Å². The lowest BCUT2D eigenvalue weighted by molar-refractivity contribution is -0.121. The molecule has 19 heavy (non-hydrogen) atoms. The van der Waals surface area contributed by atoms with Gasteiger partial charge in [0.05, 0.1) is 13.0 Å². The van der Waals surface area contributed by atoms with Crippen LogP contribution in [0.4, 0.5) is 0 Å². The smallest absolute Gasteiger partial charge is 0.224 e. The molecule has 0 bridgehead atoms. The highest BCUT2D eigenvalue weighted by molar-refractivity contribution is 5.78. The Balaban J connectivity index is 1.77. The van der Waals surface area contributed by atoms with E-state index in [0.29, 0.717) is 19.5 Å². The summed E-state index contributed by atoms with van der Waals surface area (Å²) in [6.07, 6.45) is 1.26. The first-order valence-electron chi connectivity index (χ1n) is 6.41. The largest absolute Gasteiger partial charge is 0.493 e. The average Bonchev–Trinajstić information content (AvgIpc) is 2.82. The molecule has 0 saturated carbocycles. The molecular formula is C14H18N2O3. The number of ether oxygens (including phenoxy) is 1. The normalized spacial score (nSPS) is 12.5. The van der Waals surface area contributed by atoms with Gasteiger partial charge in [0.1, 0.15) is 5.75 Å². The summed E-state index contributed by atoms with van der Waals surface area (Å²) < 4.78 is 5.42. The second kappa shape index (κ2) is 6.22. The van der Waals surface area contributed by atoms with Gasteiger partial charge in [0.25, 0.3) is 0 Å². The molecule has 0 fully saturated rings. The van der Waals surface area contributed by atoms with Crippen LogP contribution in [0.5, 0.6) is 5.75 Å². The third kappa shape index (κ3) is 3.98. The summed E-state index contributed by atoms with van der Waals surface area (Å²) in [6.45, 7) is 3.09. The van der Waals surface area contributed by atoms with Crippen molar-refractivity contribution in [1.82, 2.24) is 10.6 Å². The third-order valence-corrected chi connectivity index (χ3v) is 2.94. The SMILES string of the molecule is CC(=O)NCCNC(=O)Cc1ccc2c(c1)CCO2. The van der Waals surface area contributed by atoms with E-state index in [1.54, 1.807) is 0 Å². The maximum atomic E-state index is 11.7. The summed E-state index contributed by atoms with van der Waals surface area (Å²) in [7, 11) is 0. The Morgan fingerprint density at radius 1 is 1.26 bits per heavy atom. The van der Waals surface area contributed by atoms with Crippen LogP contribution in [0.2, 0.25) is 0 Å². The molecule has 1 aliphatic heterocycles. The molecule has 0 radical (unpaired) electrons. The maximum Gasteiger partial charge on any atom is 0.224 e. The quantitative estimate of drug-likeness (QED) is 0.756. The van der Waals surface area contributed by atoms with Crippen molar-refractivity contribution in [3.05, 3.63) is 29.3 Å². The molecule has 2 amide bonds. The van der Waals surface area contributed by atoms with E-state index < -0.39 is 0 Å². The molecule has 0 spiro atoms. The van der Waals surface area contributed by atoms with Gasteiger partial charge in [-0.05, 0) is 17.2 Å². The van der Waals surface area contributed by atoms with Gasteiger partial charge in [0, 0.05) is 26.4 Å². The molecule has 0 saturated heterocycles. The van der Waals surface area contributed by atoms with E-state index in [2.05, 4.69) is 10.6 Å². The number of fused-ring (bicyclic) bond motifs is 1. The number of hydrogen-bond acceptors (Lipinski definition) is 3. The van der Waals surface area contributed by atoms with Crippen molar-refractivity contribution in [2.75, 3.05) is 19.7 Å². The van der Waals surface area contributed by atoms with Gasteiger partial charge in [0.15, 0.2) is 0 Å². The first-order chi connectivity index (χ1) is 9.15. The molecule has 0 aliphatic carbocycles. The third-order valence-electron chi connectivity index (χ3n) is 2.94. The Labute approximate surface area is 112 Å². The van der Waals surface area contributed by atoms with Gasteiger partial charge in [-0.1, -0.05) is 12.1 Å². The number of amides is 2. The van der Waals surface area contributed by atoms with Crippen LogP contribution in [0.3, 0.4) is 0 Å². The van der Waals surface area contributed by atoms with E-state index in [-0.39, 0.29) is 11.8 Å². The molecule has 102 valence electrons. The van der Waals surface area contributed by atoms with Crippen molar-refractivity contribution in [3.63, 3.8) is 0 Å². The topological polar surface area (TPSA) is 67.4 Å². The molecule has 5 nitrogen and oxygen atoms in total. The number of carbonyl (C=O) groups excluding carboxylic acids is 2. The molecule has 1 aromatic carbocycles. The lowest BCUT2D eigenvalue weighted by Crippen LogP contribution is -2.34. The van der Waals surface area contributed by atoms with Crippen molar-refractivity contribution in [2.45, 2.75) is 19.8 Å². The zero-order chi connectivity index (χ0) is 13.7. The van der Waals surface area contributed by atoms with Crippen molar-refractivity contribution in [2.24, 2.45) is 0 Å². The minimum Gasteiger partial charge on any atom is -0.493 e. The second-order valence-electron chi connectivity index (χ2n) is 4.55. The van der Waals surface area contributed by atoms with Gasteiger partial charge < -0.3 is 15.4 Å². The fourth-order valence-electron chi connectivity index (χ4n) is 2.04. The van der Waals surface area contributed by atoms with E-state index in [1.165, 1.54) is 12.5 Å². The maximum absolute atomic E-state index is 11.7. The second-order valence-corrected chi connectivity index (χ2v) is 4.55. The molecule has 0 aromatic heterocycles. The summed E-state index contributed by atoms with van der Waals surface area (Å²) in [5.74, 6) is 0.798. The molecule has 1 aromatic rings. The summed E-state index contributed by atoms with van der Waals surface area (Å²) in [6, 6.07) is 5.86. The van der Waals surface area contributed by atoms with Crippen LogP contribution in [0.15, 0.2) is 18.2 Å². The predicted molar refractivity (Wildman–Crippen MR) is 71.0 cm³/mol. The van der Waals surface area contributed by atoms with Crippen LogP contribution in [0.1, 0.15) is 18.1 Å². The zero-order valence-corrected chi connectivity index (χ0v) is 11.0. The van der Waals surface area contributed by atoms with Crippen molar-refractivity contribution >= 4 is 11.8 Å². The summed E-state index contributed by atoms with van der Waals surface area (Å²) in [5.41, 5.74) is 2.16. The molecule has 0 unspecified atom stereocenters.